The van der Waals surface area contributed by atoms with Crippen LogP contribution >= 0.6 is 0 Å². The zero-order valence-electron chi connectivity index (χ0n) is 10.6. The van der Waals surface area contributed by atoms with E-state index in [1.807, 2.05) is 0 Å². The molecule has 0 aromatic rings. The van der Waals surface area contributed by atoms with Gasteiger partial charge in [0.05, 0.1) is 0 Å². The van der Waals surface area contributed by atoms with E-state index in [0.717, 1.165) is 5.92 Å². The number of nitrogens with zero attached hydrogens (tertiary/aromatic N) is 2. The van der Waals surface area contributed by atoms with Crippen molar-refractivity contribution in [1.29, 1.82) is 0 Å². The fraction of sp³-hybridized carbons (Fsp3) is 0.846. The molecule has 0 bridgehead atoms. The molecule has 88 valence electrons. The van der Waals surface area contributed by atoms with E-state index in [1.165, 1.54) is 45.4 Å². The van der Waals surface area contributed by atoms with Crippen LogP contribution in [0, 0.1) is 5.92 Å². The molecule has 0 N–H and O–H groups in total. The van der Waals surface area contributed by atoms with Gasteiger partial charge >= 0.3 is 0 Å². The maximum atomic E-state index is 2.59. The third-order valence-corrected chi connectivity index (χ3v) is 3.20. The minimum atomic E-state index is 0.900. The summed E-state index contributed by atoms with van der Waals surface area (Å²) in [5, 5.41) is 0. The predicted molar refractivity (Wildman–Crippen MR) is 67.1 cm³/mol. The molecule has 0 heterocycles. The summed E-state index contributed by atoms with van der Waals surface area (Å²) in [4.78, 5) is 4.85. The van der Waals surface area contributed by atoms with Gasteiger partial charge in [-0.3, -0.25) is 0 Å². The van der Waals surface area contributed by atoms with Gasteiger partial charge in [-0.15, -0.1) is 0 Å². The van der Waals surface area contributed by atoms with Gasteiger partial charge in [-0.1, -0.05) is 19.1 Å². The predicted octanol–water partition coefficient (Wildman–Crippen LogP) is 2.23. The molecule has 0 amide bonds. The van der Waals surface area contributed by atoms with E-state index in [0.29, 0.717) is 0 Å². The van der Waals surface area contributed by atoms with E-state index >= 15 is 0 Å². The van der Waals surface area contributed by atoms with E-state index in [1.54, 1.807) is 0 Å². The van der Waals surface area contributed by atoms with Gasteiger partial charge < -0.3 is 9.80 Å². The van der Waals surface area contributed by atoms with Crippen molar-refractivity contribution in [3.63, 3.8) is 0 Å². The number of rotatable bonds is 6. The largest absolute Gasteiger partial charge is 0.308 e. The molecule has 15 heavy (non-hydrogen) atoms. The summed E-state index contributed by atoms with van der Waals surface area (Å²) in [6, 6.07) is 0. The Morgan fingerprint density at radius 2 is 2.00 bits per heavy atom. The normalized spacial score (nSPS) is 21.5. The number of hydrogen-bond donors (Lipinski definition) is 0. The molecule has 1 aliphatic rings. The van der Waals surface area contributed by atoms with Crippen molar-refractivity contribution in [3.8, 4) is 0 Å². The van der Waals surface area contributed by atoms with Gasteiger partial charge in [0, 0.05) is 19.6 Å². The molecular weight excluding hydrogens is 184 g/mol. The van der Waals surface area contributed by atoms with Crippen molar-refractivity contribution in [3.05, 3.63) is 12.2 Å². The third kappa shape index (κ3) is 5.33. The first-order valence-corrected chi connectivity index (χ1v) is 6.24. The topological polar surface area (TPSA) is 6.48 Å². The van der Waals surface area contributed by atoms with Crippen LogP contribution in [0.5, 0.6) is 0 Å². The lowest BCUT2D eigenvalue weighted by atomic mass is 9.94. The Hall–Kier alpha value is -0.340. The molecule has 0 aromatic heterocycles. The molecule has 0 fully saturated rings. The number of likely N-dealkylation sites (N-methyl/N-ethyl adjacent to an activating group) is 2. The Morgan fingerprint density at radius 1 is 1.20 bits per heavy atom. The second-order valence-electron chi connectivity index (χ2n) is 4.85. The second-order valence-corrected chi connectivity index (χ2v) is 4.85. The van der Waals surface area contributed by atoms with Crippen LogP contribution in [0.15, 0.2) is 12.2 Å². The maximum absolute atomic E-state index is 2.59. The van der Waals surface area contributed by atoms with E-state index in [-0.39, 0.29) is 0 Å². The first-order chi connectivity index (χ1) is 7.22. The quantitative estimate of drug-likeness (QED) is 0.620. The van der Waals surface area contributed by atoms with Gasteiger partial charge in [0.25, 0.3) is 0 Å². The summed E-state index contributed by atoms with van der Waals surface area (Å²) >= 11 is 0. The van der Waals surface area contributed by atoms with Crippen molar-refractivity contribution in [2.45, 2.75) is 26.2 Å². The fourth-order valence-electron chi connectivity index (χ4n) is 2.11. The molecule has 0 saturated heterocycles. The van der Waals surface area contributed by atoms with Gasteiger partial charge in [0.15, 0.2) is 0 Å². The van der Waals surface area contributed by atoms with Crippen LogP contribution in [0.4, 0.5) is 0 Å². The van der Waals surface area contributed by atoms with Crippen molar-refractivity contribution in [2.75, 3.05) is 40.3 Å². The van der Waals surface area contributed by atoms with Crippen molar-refractivity contribution in [1.82, 2.24) is 9.80 Å². The number of hydrogen-bond acceptors (Lipinski definition) is 2. The maximum Gasteiger partial charge on any atom is 0.0109 e. The first-order valence-electron chi connectivity index (χ1n) is 6.24. The van der Waals surface area contributed by atoms with Gasteiger partial charge in [-0.25, -0.2) is 0 Å². The minimum Gasteiger partial charge on any atom is -0.308 e. The summed E-state index contributed by atoms with van der Waals surface area (Å²) in [7, 11) is 4.30. The Balaban J connectivity index is 2.23. The van der Waals surface area contributed by atoms with Gasteiger partial charge in [0.1, 0.15) is 0 Å². The fourth-order valence-corrected chi connectivity index (χ4v) is 2.11. The van der Waals surface area contributed by atoms with Gasteiger partial charge in [-0.2, -0.15) is 0 Å². The van der Waals surface area contributed by atoms with Crippen LogP contribution in [-0.4, -0.2) is 50.1 Å². The smallest absolute Gasteiger partial charge is 0.0109 e. The molecule has 2 heteroatoms. The average Bonchev–Trinajstić information content (AvgIpc) is 2.25. The highest BCUT2D eigenvalue weighted by atomic mass is 15.2. The molecule has 0 aromatic carbocycles. The zero-order chi connectivity index (χ0) is 11.1. The van der Waals surface area contributed by atoms with Crippen molar-refractivity contribution < 1.29 is 0 Å². The van der Waals surface area contributed by atoms with Crippen LogP contribution in [0.1, 0.15) is 26.2 Å². The molecule has 0 spiro atoms. The lowest BCUT2D eigenvalue weighted by Crippen LogP contribution is -2.35. The number of allylic oxidation sites excluding steroid dienone is 2. The lowest BCUT2D eigenvalue weighted by molar-refractivity contribution is 0.211. The summed E-state index contributed by atoms with van der Waals surface area (Å²) < 4.78 is 0. The monoisotopic (exact) mass is 210 g/mol. The molecule has 1 atom stereocenters. The Bertz CT molecular complexity index is 187. The SMILES string of the molecule is CCN(CCN(C)C)C[C@H]1CC=CCC1. The van der Waals surface area contributed by atoms with Crippen molar-refractivity contribution >= 4 is 0 Å². The van der Waals surface area contributed by atoms with Crippen LogP contribution in [0.3, 0.4) is 0 Å². The van der Waals surface area contributed by atoms with Crippen LogP contribution in [0.25, 0.3) is 0 Å². The third-order valence-electron chi connectivity index (χ3n) is 3.20. The van der Waals surface area contributed by atoms with Crippen LogP contribution < -0.4 is 0 Å². The average molecular weight is 210 g/mol. The molecule has 2 nitrogen and oxygen atoms in total. The minimum absolute atomic E-state index is 0.900. The standard InChI is InChI=1S/C13H26N2/c1-4-15(11-10-14(2)3)12-13-8-6-5-7-9-13/h5-6,13H,4,7-12H2,1-3H3/t13-/m0/s1. The van der Waals surface area contributed by atoms with E-state index < -0.39 is 0 Å². The highest BCUT2D eigenvalue weighted by Gasteiger charge is 2.13. The molecule has 0 saturated carbocycles. The Kier molecular flexibility index (Phi) is 5.96. The molecule has 0 aliphatic heterocycles. The van der Waals surface area contributed by atoms with Crippen LogP contribution in [0.2, 0.25) is 0 Å². The van der Waals surface area contributed by atoms with Gasteiger partial charge in [0.2, 0.25) is 0 Å². The second kappa shape index (κ2) is 7.02. The highest BCUT2D eigenvalue weighted by Crippen LogP contribution is 2.18. The zero-order valence-corrected chi connectivity index (χ0v) is 10.6. The van der Waals surface area contributed by atoms with Crippen LogP contribution in [-0.2, 0) is 0 Å². The first kappa shape index (κ1) is 12.7. The molecule has 1 aliphatic carbocycles. The van der Waals surface area contributed by atoms with Crippen molar-refractivity contribution in [2.24, 2.45) is 5.92 Å². The highest BCUT2D eigenvalue weighted by molar-refractivity contribution is 4.90. The van der Waals surface area contributed by atoms with E-state index in [2.05, 4.69) is 43.0 Å². The molecular formula is C13H26N2. The summed E-state index contributed by atoms with van der Waals surface area (Å²) in [5.74, 6) is 0.900. The summed E-state index contributed by atoms with van der Waals surface area (Å²) in [6.07, 6.45) is 8.64. The Morgan fingerprint density at radius 3 is 2.53 bits per heavy atom. The summed E-state index contributed by atoms with van der Waals surface area (Å²) in [5.41, 5.74) is 0. The molecule has 0 unspecified atom stereocenters. The molecule has 1 rings (SSSR count). The van der Waals surface area contributed by atoms with Gasteiger partial charge in [-0.05, 0) is 45.8 Å². The molecule has 0 radical (unpaired) electrons. The summed E-state index contributed by atoms with van der Waals surface area (Å²) in [6.45, 7) is 7.14. The van der Waals surface area contributed by atoms with E-state index in [4.69, 9.17) is 0 Å². The van der Waals surface area contributed by atoms with E-state index in [9.17, 15) is 0 Å². The lowest BCUT2D eigenvalue weighted by Gasteiger charge is -2.28. The Labute approximate surface area is 94.9 Å².